The molecule has 0 saturated heterocycles. The van der Waals surface area contributed by atoms with Crippen LogP contribution in [0.1, 0.15) is 25.6 Å². The van der Waals surface area contributed by atoms with Crippen LogP contribution in [0, 0.1) is 34.0 Å². The maximum absolute atomic E-state index is 10.1. The first-order valence-electron chi connectivity index (χ1n) is 31.9. The Balaban J connectivity index is 0.000000116. The summed E-state index contributed by atoms with van der Waals surface area (Å²) in [6.45, 7) is 0. The molecule has 18 rings (SSSR count). The molecule has 5 aliphatic heterocycles. The number of imidazole rings is 1. The van der Waals surface area contributed by atoms with Gasteiger partial charge in [0.2, 0.25) is 0 Å². The SMILES string of the molecule is Cn1c(/C(C#N)=C/c2ccc(N3c4ccccc4[Se]c4ccccc43)[se]2)nc2ccccc21.N#C/C(=C\c1ccc(N2c3ccccc3[Se]c3ccccc32)[se]1)C1=NC2=CCC=CC2=N1.[CH3][Ge]1([CH3])[C](/C(C#N)=C/c2ccc(N3c4ccccc4[Se]c4ccccc43)[se]2)=Nc2cccc[c]21. The van der Waals surface area contributed by atoms with Crippen LogP contribution in [0.25, 0.3) is 34.8 Å². The first-order chi connectivity index (χ1) is 48.6. The van der Waals surface area contributed by atoms with Crippen molar-refractivity contribution < 1.29 is 0 Å². The number of nitriles is 3. The molecule has 1 aliphatic carbocycles. The average molecular weight is 1730 g/mol. The van der Waals surface area contributed by atoms with E-state index in [1.807, 2.05) is 66.3 Å². The molecular formula is C81H55GeN11Se6. The zero-order valence-electron chi connectivity index (χ0n) is 53.5. The standard InChI is InChI=1S/C28H21GeN3Se2.C27H18N4Se2.C26H16N4Se2/c1-29(2)21-9-3-4-10-22(21)31-28(29)19(18-30)17-20-15-16-27(33-20)32-23-11-5-7-13-25(23)34-26-14-8-6-12-24(26)32;1-30-21-9-3-2-8-20(21)29-27(30)18(17-28)16-19-14-15-26(32-19)31-22-10-4-6-12-24(22)33-25-13-7-5-11-23(25)31;27-16-17(26-28-19-7-1-2-8-20(19)29-26)15-18-13-14-25(31-18)30-21-9-3-5-11-23(21)32-24-12-6-4-10-22(24)30/h3-17H,1-2H3;2-16H,1H3;1,3-15H,2H2/b19-17+;18-16+;17-15+. The van der Waals surface area contributed by atoms with Gasteiger partial charge >= 0.3 is 620 Å². The molecule has 9 heterocycles. The molecule has 0 amide bonds. The Kier molecular flexibility index (Phi) is 18.2. The van der Waals surface area contributed by atoms with E-state index in [-0.39, 0.29) is 43.5 Å². The number of anilines is 9. The Hall–Kier alpha value is -9.09. The Morgan fingerprint density at radius 2 is 0.848 bits per heavy atom. The van der Waals surface area contributed by atoms with Gasteiger partial charge in [0.25, 0.3) is 0 Å². The van der Waals surface area contributed by atoms with Crippen molar-refractivity contribution in [2.24, 2.45) is 22.0 Å². The van der Waals surface area contributed by atoms with E-state index in [4.69, 9.17) is 9.98 Å². The summed E-state index contributed by atoms with van der Waals surface area (Å²) in [6, 6.07) is 89.0. The van der Waals surface area contributed by atoms with Crippen molar-refractivity contribution >= 4 is 237 Å². The summed E-state index contributed by atoms with van der Waals surface area (Å²) in [5.74, 6) is 5.91. The monoisotopic (exact) mass is 1730 g/mol. The molecule has 12 aromatic rings. The van der Waals surface area contributed by atoms with Crippen LogP contribution in [0.2, 0.25) is 11.5 Å². The van der Waals surface area contributed by atoms with E-state index in [1.165, 1.54) is 87.9 Å². The minimum absolute atomic E-state index is 0.0743. The number of allylic oxidation sites excluding steroid dienone is 5. The van der Waals surface area contributed by atoms with E-state index in [1.54, 1.807) is 0 Å². The molecule has 4 aromatic heterocycles. The Morgan fingerprint density at radius 3 is 1.28 bits per heavy atom. The van der Waals surface area contributed by atoms with Gasteiger partial charge in [-0.05, 0) is 0 Å². The first-order valence-corrected chi connectivity index (χ1v) is 48.4. The predicted molar refractivity (Wildman–Crippen MR) is 418 cm³/mol. The van der Waals surface area contributed by atoms with E-state index in [0.29, 0.717) is 67.7 Å². The average Bonchev–Trinajstić information content (AvgIpc) is 1.44. The summed E-state index contributed by atoms with van der Waals surface area (Å²) in [6.07, 6.45) is 13.0. The van der Waals surface area contributed by atoms with Crippen molar-refractivity contribution in [3.05, 3.63) is 285 Å². The summed E-state index contributed by atoms with van der Waals surface area (Å²) in [4.78, 5) is 26.1. The summed E-state index contributed by atoms with van der Waals surface area (Å²) in [5.41, 5.74) is 14.2. The number of nitrogens with zero attached hydrogens (tertiary/aromatic N) is 11. The second-order valence-electron chi connectivity index (χ2n) is 23.9. The number of rotatable bonds is 9. The second kappa shape index (κ2) is 27.9. The molecule has 0 radical (unpaired) electrons. The molecule has 8 aromatic carbocycles. The van der Waals surface area contributed by atoms with Crippen LogP contribution in [-0.4, -0.2) is 127 Å². The Bertz CT molecular complexity index is 5540. The fourth-order valence-corrected chi connectivity index (χ4v) is 31.3. The zero-order chi connectivity index (χ0) is 67.1. The van der Waals surface area contributed by atoms with Crippen molar-refractivity contribution in [1.29, 1.82) is 15.8 Å². The van der Waals surface area contributed by atoms with Gasteiger partial charge in [0.15, 0.2) is 0 Å². The molecule has 0 fully saturated rings. The molecule has 474 valence electrons. The Morgan fingerprint density at radius 1 is 0.444 bits per heavy atom. The van der Waals surface area contributed by atoms with Crippen LogP contribution < -0.4 is 45.9 Å². The van der Waals surface area contributed by atoms with Crippen molar-refractivity contribution in [2.75, 3.05) is 14.7 Å². The van der Waals surface area contributed by atoms with Crippen molar-refractivity contribution in [3.8, 4) is 18.2 Å². The summed E-state index contributed by atoms with van der Waals surface area (Å²) in [7, 11) is 1.97. The third-order valence-electron chi connectivity index (χ3n) is 17.4. The predicted octanol–water partition coefficient (Wildman–Crippen LogP) is 12.2. The van der Waals surface area contributed by atoms with Crippen LogP contribution >= 0.6 is 0 Å². The quantitative estimate of drug-likeness (QED) is 0.104. The molecule has 99 heavy (non-hydrogen) atoms. The number of aryl methyl sites for hydroxylation is 1. The summed E-state index contributed by atoms with van der Waals surface area (Å²) >= 11 is -1.38. The van der Waals surface area contributed by atoms with Crippen molar-refractivity contribution in [2.45, 2.75) is 17.9 Å². The van der Waals surface area contributed by atoms with Gasteiger partial charge in [-0.1, -0.05) is 0 Å². The van der Waals surface area contributed by atoms with Crippen molar-refractivity contribution in [3.63, 3.8) is 0 Å². The molecule has 0 saturated carbocycles. The molecular weight excluding hydrogens is 1670 g/mol. The van der Waals surface area contributed by atoms with E-state index in [2.05, 4.69) is 267 Å². The minimum atomic E-state index is -2.57. The number of para-hydroxylation sites is 9. The molecule has 0 bridgehead atoms. The topological polar surface area (TPSA) is 136 Å². The molecule has 0 N–H and O–H groups in total. The van der Waals surface area contributed by atoms with E-state index < -0.39 is 13.3 Å². The fourth-order valence-electron chi connectivity index (χ4n) is 12.7. The van der Waals surface area contributed by atoms with Gasteiger partial charge in [-0.15, -0.1) is 0 Å². The number of aromatic nitrogens is 2. The summed E-state index contributed by atoms with van der Waals surface area (Å²) < 4.78 is 20.3. The van der Waals surface area contributed by atoms with Crippen LogP contribution in [0.15, 0.2) is 281 Å². The summed E-state index contributed by atoms with van der Waals surface area (Å²) in [5, 5.41) is 29.9. The third-order valence-corrected chi connectivity index (χ3v) is 37.9. The van der Waals surface area contributed by atoms with E-state index in [9.17, 15) is 15.8 Å². The molecule has 0 spiro atoms. The molecule has 6 aliphatic rings. The second-order valence-corrected chi connectivity index (χ2v) is 46.6. The Labute approximate surface area is 614 Å². The number of hydrogen-bond acceptors (Lipinski definition) is 10. The van der Waals surface area contributed by atoms with Gasteiger partial charge in [0.1, 0.15) is 0 Å². The molecule has 18 heteroatoms. The first kappa shape index (κ1) is 64.6. The molecule has 0 unspecified atom stereocenters. The normalized spacial score (nSPS) is 15.0. The van der Waals surface area contributed by atoms with E-state index in [0.717, 1.165) is 49.1 Å². The fraction of sp³-hybridized carbons (Fsp3) is 0.0494. The number of fused-ring (bicyclic) bond motifs is 9. The maximum atomic E-state index is 10.1. The van der Waals surface area contributed by atoms with Gasteiger partial charge in [-0.2, -0.15) is 0 Å². The van der Waals surface area contributed by atoms with Crippen LogP contribution in [0.5, 0.6) is 0 Å². The van der Waals surface area contributed by atoms with Crippen LogP contribution in [0.3, 0.4) is 0 Å². The number of benzene rings is 8. The number of aliphatic imine (C=N–C) groups is 3. The zero-order valence-corrected chi connectivity index (χ0v) is 65.9. The molecule has 0 atom stereocenters. The van der Waals surface area contributed by atoms with Crippen LogP contribution in [-0.2, 0) is 7.05 Å². The van der Waals surface area contributed by atoms with Gasteiger partial charge in [-0.3, -0.25) is 0 Å². The number of hydrogen-bond donors (Lipinski definition) is 0. The van der Waals surface area contributed by atoms with Gasteiger partial charge in [-0.25, -0.2) is 0 Å². The van der Waals surface area contributed by atoms with Crippen LogP contribution in [0.4, 0.5) is 53.5 Å². The number of amidine groups is 1. The van der Waals surface area contributed by atoms with Gasteiger partial charge in [0, 0.05) is 0 Å². The van der Waals surface area contributed by atoms with E-state index >= 15 is 0 Å². The van der Waals surface area contributed by atoms with Crippen molar-refractivity contribution in [1.82, 2.24) is 9.55 Å². The molecule has 11 nitrogen and oxygen atoms in total. The van der Waals surface area contributed by atoms with Gasteiger partial charge in [0.05, 0.1) is 0 Å². The van der Waals surface area contributed by atoms with Gasteiger partial charge < -0.3 is 0 Å². The third kappa shape index (κ3) is 12.6.